The van der Waals surface area contributed by atoms with E-state index in [1.807, 2.05) is 32.0 Å². The Morgan fingerprint density at radius 3 is 2.20 bits per heavy atom. The molecule has 41 heavy (non-hydrogen) atoms. The van der Waals surface area contributed by atoms with Crippen molar-refractivity contribution in [3.05, 3.63) is 39.7 Å². The van der Waals surface area contributed by atoms with E-state index < -0.39 is 56.8 Å². The number of hydrogen-bond donors (Lipinski definition) is 4. The minimum atomic E-state index is -2.60. The highest BCUT2D eigenvalue weighted by atomic mass is 16.3. The molecule has 0 aliphatic heterocycles. The maximum Gasteiger partial charge on any atom is 0.203 e. The molecule has 2 saturated carbocycles. The number of Topliss-reactive ketones (excluding diaryl/α,β-unsaturated/α-hetero) is 3. The molecule has 0 radical (unpaired) electrons. The van der Waals surface area contributed by atoms with Crippen LogP contribution < -0.4 is 4.90 Å². The Morgan fingerprint density at radius 1 is 1.05 bits per heavy atom. The minimum absolute atomic E-state index is 0.0549. The number of ketones is 3. The summed E-state index contributed by atoms with van der Waals surface area (Å²) in [5, 5.41) is 47.2. The fourth-order valence-corrected chi connectivity index (χ4v) is 8.91. The van der Waals surface area contributed by atoms with E-state index in [1.165, 1.54) is 0 Å². The second kappa shape index (κ2) is 9.45. The van der Waals surface area contributed by atoms with Crippen molar-refractivity contribution in [2.45, 2.75) is 91.1 Å². The molecule has 222 valence electrons. The summed E-state index contributed by atoms with van der Waals surface area (Å²) in [5.41, 5.74) is -3.27. The quantitative estimate of drug-likeness (QED) is 0.361. The summed E-state index contributed by atoms with van der Waals surface area (Å²) >= 11 is 0. The molecule has 0 amide bonds. The Labute approximate surface area is 241 Å². The van der Waals surface area contributed by atoms with Crippen LogP contribution in [0.3, 0.4) is 0 Å². The number of hydrogen-bond acceptors (Lipinski definition) is 8. The second-order valence-corrected chi connectivity index (χ2v) is 13.9. The van der Waals surface area contributed by atoms with Crippen LogP contribution in [0.25, 0.3) is 5.76 Å². The molecular weight excluding hydrogens is 522 g/mol. The summed E-state index contributed by atoms with van der Waals surface area (Å²) in [4.78, 5) is 42.7. The molecule has 4 aliphatic carbocycles. The molecule has 1 unspecified atom stereocenters. The highest BCUT2D eigenvalue weighted by Gasteiger charge is 2.72. The largest absolute Gasteiger partial charge is 0.508 e. The van der Waals surface area contributed by atoms with Crippen molar-refractivity contribution in [3.8, 4) is 5.75 Å². The van der Waals surface area contributed by atoms with Gasteiger partial charge in [-0.2, -0.15) is 0 Å². The van der Waals surface area contributed by atoms with Crippen LogP contribution in [0, 0.1) is 22.7 Å². The SMILES string of the molecule is CC(=O)C1=C(O)[C@]2(O)C(=O)C3=C(O)c4c(O)c(C5CCCCC5)cc(N(C)C)c4C[C@]3(C)C[C@]2(C)C(C(C)C)C1=O. The number of carbonyl (C=O) groups excluding carboxylic acids is 3. The van der Waals surface area contributed by atoms with Gasteiger partial charge in [0.1, 0.15) is 22.8 Å². The molecule has 0 saturated heterocycles. The van der Waals surface area contributed by atoms with Crippen molar-refractivity contribution < 1.29 is 34.8 Å². The number of carbonyl (C=O) groups is 3. The summed E-state index contributed by atoms with van der Waals surface area (Å²) in [7, 11) is 3.81. The molecule has 8 nitrogen and oxygen atoms in total. The average molecular weight is 566 g/mol. The van der Waals surface area contributed by atoms with E-state index in [-0.39, 0.29) is 41.6 Å². The first kappa shape index (κ1) is 29.4. The highest BCUT2D eigenvalue weighted by molar-refractivity contribution is 6.24. The number of anilines is 1. The smallest absolute Gasteiger partial charge is 0.203 e. The lowest BCUT2D eigenvalue weighted by molar-refractivity contribution is -0.178. The maximum atomic E-state index is 14.5. The molecule has 0 bridgehead atoms. The van der Waals surface area contributed by atoms with E-state index in [4.69, 9.17) is 0 Å². The van der Waals surface area contributed by atoms with Crippen LogP contribution in [0.5, 0.6) is 5.75 Å². The summed E-state index contributed by atoms with van der Waals surface area (Å²) in [6.45, 7) is 8.19. The molecule has 8 heteroatoms. The monoisotopic (exact) mass is 565 g/mol. The zero-order valence-electron chi connectivity index (χ0n) is 25.2. The number of allylic oxidation sites excluding steroid dienone is 1. The number of aliphatic hydroxyl groups is 3. The van der Waals surface area contributed by atoms with Crippen molar-refractivity contribution >= 4 is 28.8 Å². The van der Waals surface area contributed by atoms with Crippen LogP contribution >= 0.6 is 0 Å². The van der Waals surface area contributed by atoms with E-state index in [0.29, 0.717) is 5.56 Å². The van der Waals surface area contributed by atoms with Crippen LogP contribution in [0.1, 0.15) is 95.8 Å². The Bertz CT molecular complexity index is 1430. The number of fused-ring (bicyclic) bond motifs is 3. The van der Waals surface area contributed by atoms with Gasteiger partial charge in [0, 0.05) is 42.1 Å². The van der Waals surface area contributed by atoms with Gasteiger partial charge in [-0.15, -0.1) is 0 Å². The summed E-state index contributed by atoms with van der Waals surface area (Å²) in [6.07, 6.45) is 5.43. The fraction of sp³-hybridized carbons (Fsp3) is 0.606. The van der Waals surface area contributed by atoms with Crippen molar-refractivity contribution in [1.82, 2.24) is 0 Å². The van der Waals surface area contributed by atoms with E-state index >= 15 is 0 Å². The number of phenols is 1. The summed E-state index contributed by atoms with van der Waals surface area (Å²) in [5.74, 6) is -4.81. The van der Waals surface area contributed by atoms with E-state index in [2.05, 4.69) is 0 Å². The van der Waals surface area contributed by atoms with Gasteiger partial charge < -0.3 is 25.3 Å². The molecular formula is C33H43NO7. The maximum absolute atomic E-state index is 14.5. The van der Waals surface area contributed by atoms with Gasteiger partial charge in [-0.05, 0) is 61.6 Å². The first-order valence-electron chi connectivity index (χ1n) is 14.8. The molecule has 0 spiro atoms. The van der Waals surface area contributed by atoms with Gasteiger partial charge in [-0.1, -0.05) is 47.0 Å². The van der Waals surface area contributed by atoms with E-state index in [0.717, 1.165) is 50.3 Å². The van der Waals surface area contributed by atoms with E-state index in [1.54, 1.807) is 20.8 Å². The minimum Gasteiger partial charge on any atom is -0.508 e. The molecule has 5 rings (SSSR count). The Balaban J connectivity index is 1.81. The molecule has 4 aliphatic rings. The van der Waals surface area contributed by atoms with Gasteiger partial charge in [-0.3, -0.25) is 14.4 Å². The summed E-state index contributed by atoms with van der Waals surface area (Å²) in [6, 6.07) is 2.00. The lowest BCUT2D eigenvalue weighted by Crippen LogP contribution is -2.69. The van der Waals surface area contributed by atoms with E-state index in [9.17, 15) is 34.8 Å². The zero-order valence-corrected chi connectivity index (χ0v) is 25.2. The number of phenolic OH excluding ortho intramolecular Hbond substituents is 1. The fourth-order valence-electron chi connectivity index (χ4n) is 8.91. The molecule has 0 aromatic heterocycles. The standard InChI is InChI=1S/C33H43NO7/c1-16(2)24-27(37)22(17(3)35)29(39)33(41)30(40)25-28(38)23-20(14-31(25,4)15-32(24,33)5)21(34(6)7)13-19(26(23)36)18-11-9-8-10-12-18/h13,16,18,24,36,38-39,41H,8-12,14-15H2,1-7H3/t24?,31-,32-,33+/m1/s1. The Morgan fingerprint density at radius 2 is 1.66 bits per heavy atom. The molecule has 1 aromatic carbocycles. The van der Waals surface area contributed by atoms with Crippen molar-refractivity contribution in [1.29, 1.82) is 0 Å². The van der Waals surface area contributed by atoms with Crippen LogP contribution in [-0.2, 0) is 20.8 Å². The first-order chi connectivity index (χ1) is 19.0. The highest BCUT2D eigenvalue weighted by Crippen LogP contribution is 2.65. The van der Waals surface area contributed by atoms with Crippen molar-refractivity contribution in [3.63, 3.8) is 0 Å². The third-order valence-corrected chi connectivity index (χ3v) is 10.5. The predicted molar refractivity (Wildman–Crippen MR) is 156 cm³/mol. The van der Waals surface area contributed by atoms with Crippen LogP contribution in [0.15, 0.2) is 23.0 Å². The van der Waals surface area contributed by atoms with Gasteiger partial charge in [0.15, 0.2) is 17.2 Å². The van der Waals surface area contributed by atoms with Gasteiger partial charge in [0.25, 0.3) is 0 Å². The third-order valence-electron chi connectivity index (χ3n) is 10.5. The first-order valence-corrected chi connectivity index (χ1v) is 14.8. The number of aliphatic hydroxyl groups excluding tert-OH is 2. The van der Waals surface area contributed by atoms with Crippen molar-refractivity contribution in [2.75, 3.05) is 19.0 Å². The average Bonchev–Trinajstić information content (AvgIpc) is 2.86. The normalized spacial score (nSPS) is 32.2. The number of nitrogens with zero attached hydrogens (tertiary/aromatic N) is 1. The topological polar surface area (TPSA) is 135 Å². The lowest BCUT2D eigenvalue weighted by atomic mass is 9.43. The Hall–Kier alpha value is -3.13. The predicted octanol–water partition coefficient (Wildman–Crippen LogP) is 5.30. The van der Waals surface area contributed by atoms with Gasteiger partial charge in [0.05, 0.1) is 5.56 Å². The van der Waals surface area contributed by atoms with Crippen LogP contribution in [0.2, 0.25) is 0 Å². The van der Waals surface area contributed by atoms with Crippen LogP contribution in [0.4, 0.5) is 5.69 Å². The third kappa shape index (κ3) is 3.78. The van der Waals surface area contributed by atoms with Crippen molar-refractivity contribution in [2.24, 2.45) is 22.7 Å². The van der Waals surface area contributed by atoms with Crippen LogP contribution in [-0.4, -0.2) is 57.5 Å². The number of rotatable bonds is 4. The van der Waals surface area contributed by atoms with Gasteiger partial charge >= 0.3 is 0 Å². The lowest BCUT2D eigenvalue weighted by Gasteiger charge is -2.59. The Kier molecular flexibility index (Phi) is 6.76. The molecule has 4 atom stereocenters. The number of aromatic hydroxyl groups is 1. The summed E-state index contributed by atoms with van der Waals surface area (Å²) < 4.78 is 0. The number of benzene rings is 1. The molecule has 1 aromatic rings. The molecule has 4 N–H and O–H groups in total. The van der Waals surface area contributed by atoms with Gasteiger partial charge in [0.2, 0.25) is 5.78 Å². The van der Waals surface area contributed by atoms with Gasteiger partial charge in [-0.25, -0.2) is 0 Å². The second-order valence-electron chi connectivity index (χ2n) is 13.9. The molecule has 0 heterocycles. The molecule has 2 fully saturated rings. The zero-order chi connectivity index (χ0) is 30.4.